The van der Waals surface area contributed by atoms with Crippen LogP contribution in [0.25, 0.3) is 0 Å². The van der Waals surface area contributed by atoms with E-state index in [1.807, 2.05) is 6.92 Å². The first-order chi connectivity index (χ1) is 7.07. The second-order valence-corrected chi connectivity index (χ2v) is 6.37. The Hall–Kier alpha value is -0.600. The summed E-state index contributed by atoms with van der Waals surface area (Å²) in [7, 11) is -2.77. The largest absolute Gasteiger partial charge is 0.313 e. The molecule has 0 saturated carbocycles. The van der Waals surface area contributed by atoms with E-state index >= 15 is 0 Å². The Morgan fingerprint density at radius 2 is 2.33 bits per heavy atom. The molecule has 0 amide bonds. The summed E-state index contributed by atoms with van der Waals surface area (Å²) in [6, 6.07) is 2.34. The van der Waals surface area contributed by atoms with Crippen molar-refractivity contribution < 1.29 is 8.42 Å². The van der Waals surface area contributed by atoms with E-state index < -0.39 is 9.84 Å². The molecule has 1 heterocycles. The lowest BCUT2D eigenvalue weighted by atomic mass is 10.1. The molecule has 0 radical (unpaired) electrons. The van der Waals surface area contributed by atoms with E-state index in [1.54, 1.807) is 0 Å². The molecule has 1 fully saturated rings. The molecule has 1 rings (SSSR count). The molecule has 1 aliphatic rings. The van der Waals surface area contributed by atoms with Gasteiger partial charge in [0.1, 0.15) is 0 Å². The molecule has 0 spiro atoms. The van der Waals surface area contributed by atoms with Crippen molar-refractivity contribution in [1.29, 1.82) is 5.26 Å². The van der Waals surface area contributed by atoms with Crippen LogP contribution in [-0.4, -0.2) is 32.5 Å². The van der Waals surface area contributed by atoms with Gasteiger partial charge in [-0.1, -0.05) is 6.92 Å². The van der Waals surface area contributed by atoms with Crippen molar-refractivity contribution >= 4 is 9.84 Å². The van der Waals surface area contributed by atoms with Crippen LogP contribution in [0.15, 0.2) is 0 Å². The third-order valence-corrected chi connectivity index (χ3v) is 4.69. The van der Waals surface area contributed by atoms with Crippen molar-refractivity contribution in [2.24, 2.45) is 5.92 Å². The Labute approximate surface area is 91.6 Å². The SMILES string of the molecule is CCC(CC#N)NCC1CCS(=O)(=O)C1. The van der Waals surface area contributed by atoms with Gasteiger partial charge in [-0.25, -0.2) is 8.42 Å². The molecule has 4 nitrogen and oxygen atoms in total. The van der Waals surface area contributed by atoms with Crippen LogP contribution in [0.3, 0.4) is 0 Å². The van der Waals surface area contributed by atoms with Gasteiger partial charge in [-0.15, -0.1) is 0 Å². The first-order valence-electron chi connectivity index (χ1n) is 5.38. The van der Waals surface area contributed by atoms with Crippen molar-refractivity contribution in [3.05, 3.63) is 0 Å². The van der Waals surface area contributed by atoms with Gasteiger partial charge in [0, 0.05) is 6.04 Å². The van der Waals surface area contributed by atoms with Crippen molar-refractivity contribution in [3.8, 4) is 6.07 Å². The second-order valence-electron chi connectivity index (χ2n) is 4.14. The smallest absolute Gasteiger partial charge is 0.150 e. The molecule has 1 saturated heterocycles. The van der Waals surface area contributed by atoms with Crippen LogP contribution in [0.2, 0.25) is 0 Å². The zero-order chi connectivity index (χ0) is 11.3. The highest BCUT2D eigenvalue weighted by molar-refractivity contribution is 7.91. The molecule has 0 aromatic rings. The molecular weight excluding hydrogens is 212 g/mol. The van der Waals surface area contributed by atoms with E-state index in [1.165, 1.54) is 0 Å². The minimum atomic E-state index is -2.77. The zero-order valence-electron chi connectivity index (χ0n) is 9.07. The summed E-state index contributed by atoms with van der Waals surface area (Å²) in [5, 5.41) is 11.8. The van der Waals surface area contributed by atoms with Gasteiger partial charge in [-0.2, -0.15) is 5.26 Å². The predicted molar refractivity (Wildman–Crippen MR) is 59.1 cm³/mol. The summed E-state index contributed by atoms with van der Waals surface area (Å²) in [6.07, 6.45) is 2.17. The van der Waals surface area contributed by atoms with Crippen molar-refractivity contribution in [2.75, 3.05) is 18.1 Å². The molecule has 0 aromatic heterocycles. The summed E-state index contributed by atoms with van der Waals surface area (Å²) in [5.74, 6) is 0.875. The fourth-order valence-electron chi connectivity index (χ4n) is 1.84. The number of nitrogens with one attached hydrogen (secondary N) is 1. The molecule has 2 atom stereocenters. The quantitative estimate of drug-likeness (QED) is 0.755. The van der Waals surface area contributed by atoms with Crippen LogP contribution in [0, 0.1) is 17.2 Å². The van der Waals surface area contributed by atoms with Crippen LogP contribution in [0.4, 0.5) is 0 Å². The van der Waals surface area contributed by atoms with E-state index in [-0.39, 0.29) is 12.0 Å². The van der Waals surface area contributed by atoms with Crippen molar-refractivity contribution in [2.45, 2.75) is 32.2 Å². The first-order valence-corrected chi connectivity index (χ1v) is 7.20. The number of hydrogen-bond acceptors (Lipinski definition) is 4. The van der Waals surface area contributed by atoms with Crippen LogP contribution >= 0.6 is 0 Å². The van der Waals surface area contributed by atoms with E-state index in [0.717, 1.165) is 19.4 Å². The monoisotopic (exact) mass is 230 g/mol. The number of sulfone groups is 1. The second kappa shape index (κ2) is 5.47. The molecule has 2 unspecified atom stereocenters. The zero-order valence-corrected chi connectivity index (χ0v) is 9.89. The third-order valence-electron chi connectivity index (χ3n) is 2.85. The standard InChI is InChI=1S/C10H18N2O2S/c1-2-10(3-5-11)12-7-9-4-6-15(13,14)8-9/h9-10,12H,2-4,6-8H2,1H3. The Morgan fingerprint density at radius 1 is 1.60 bits per heavy atom. The van der Waals surface area contributed by atoms with E-state index in [0.29, 0.717) is 17.9 Å². The van der Waals surface area contributed by atoms with Gasteiger partial charge >= 0.3 is 0 Å². The topological polar surface area (TPSA) is 70.0 Å². The van der Waals surface area contributed by atoms with Gasteiger partial charge in [0.25, 0.3) is 0 Å². The maximum absolute atomic E-state index is 11.2. The number of hydrogen-bond donors (Lipinski definition) is 1. The highest BCUT2D eigenvalue weighted by Crippen LogP contribution is 2.17. The maximum Gasteiger partial charge on any atom is 0.150 e. The van der Waals surface area contributed by atoms with Gasteiger partial charge in [0.15, 0.2) is 9.84 Å². The third kappa shape index (κ3) is 4.18. The minimum absolute atomic E-state index is 0.207. The molecule has 0 aromatic carbocycles. The molecule has 1 aliphatic heterocycles. The molecular formula is C10H18N2O2S. The molecule has 86 valence electrons. The Bertz CT molecular complexity index is 332. The Kier molecular flexibility index (Phi) is 4.55. The summed E-state index contributed by atoms with van der Waals surface area (Å²) >= 11 is 0. The van der Waals surface area contributed by atoms with Gasteiger partial charge in [0.05, 0.1) is 24.0 Å². The van der Waals surface area contributed by atoms with Gasteiger partial charge in [-0.3, -0.25) is 0 Å². The molecule has 5 heteroatoms. The van der Waals surface area contributed by atoms with E-state index in [9.17, 15) is 8.42 Å². The number of rotatable bonds is 5. The van der Waals surface area contributed by atoms with E-state index in [4.69, 9.17) is 5.26 Å². The van der Waals surface area contributed by atoms with Gasteiger partial charge in [0.2, 0.25) is 0 Å². The maximum atomic E-state index is 11.2. The van der Waals surface area contributed by atoms with Crippen LogP contribution in [0.5, 0.6) is 0 Å². The summed E-state index contributed by atoms with van der Waals surface area (Å²) < 4.78 is 22.4. The van der Waals surface area contributed by atoms with Crippen molar-refractivity contribution in [3.63, 3.8) is 0 Å². The molecule has 0 aliphatic carbocycles. The average molecular weight is 230 g/mol. The lowest BCUT2D eigenvalue weighted by Gasteiger charge is -2.16. The predicted octanol–water partition coefficient (Wildman–Crippen LogP) is 0.703. The lowest BCUT2D eigenvalue weighted by molar-refractivity contribution is 0.443. The lowest BCUT2D eigenvalue weighted by Crippen LogP contribution is -2.33. The normalized spacial score (nSPS) is 26.0. The van der Waals surface area contributed by atoms with Crippen LogP contribution < -0.4 is 5.32 Å². The summed E-state index contributed by atoms with van der Waals surface area (Å²) in [6.45, 7) is 2.75. The fourth-order valence-corrected chi connectivity index (χ4v) is 3.70. The average Bonchev–Trinajstić information content (AvgIpc) is 2.53. The first kappa shape index (κ1) is 12.5. The Balaban J connectivity index is 2.29. The van der Waals surface area contributed by atoms with Crippen molar-refractivity contribution in [1.82, 2.24) is 5.32 Å². The fraction of sp³-hybridized carbons (Fsp3) is 0.900. The van der Waals surface area contributed by atoms with Gasteiger partial charge < -0.3 is 5.32 Å². The molecule has 0 bridgehead atoms. The van der Waals surface area contributed by atoms with Crippen LogP contribution in [-0.2, 0) is 9.84 Å². The number of nitriles is 1. The molecule has 15 heavy (non-hydrogen) atoms. The van der Waals surface area contributed by atoms with E-state index in [2.05, 4.69) is 11.4 Å². The highest BCUT2D eigenvalue weighted by atomic mass is 32.2. The van der Waals surface area contributed by atoms with Gasteiger partial charge in [-0.05, 0) is 25.3 Å². The summed E-state index contributed by atoms with van der Waals surface area (Å²) in [5.41, 5.74) is 0. The molecule has 1 N–H and O–H groups in total. The number of nitrogens with zero attached hydrogens (tertiary/aromatic N) is 1. The minimum Gasteiger partial charge on any atom is -0.313 e. The summed E-state index contributed by atoms with van der Waals surface area (Å²) in [4.78, 5) is 0. The Morgan fingerprint density at radius 3 is 2.80 bits per heavy atom. The van der Waals surface area contributed by atoms with Crippen LogP contribution in [0.1, 0.15) is 26.2 Å². The highest BCUT2D eigenvalue weighted by Gasteiger charge is 2.27.